The standard InChI is InChI=1S/C20H26O4/c1-9(2)11-6-7-19-8-12-10(3)13(21)16-20(12,24-16)18(19,5)15(23)14(22)17(11,19)4/h9,11-12,15-16,23H,3,6-8H2,1-2,4-5H3/t11?,12-,15+,16-,17+,18+,19-,20+/m1/s1. The Morgan fingerprint density at radius 3 is 2.58 bits per heavy atom. The van der Waals surface area contributed by atoms with E-state index in [4.69, 9.17) is 4.74 Å². The van der Waals surface area contributed by atoms with Gasteiger partial charge < -0.3 is 9.84 Å². The Balaban J connectivity index is 1.76. The summed E-state index contributed by atoms with van der Waals surface area (Å²) in [6.07, 6.45) is 1.17. The number of rotatable bonds is 1. The number of aliphatic hydroxyl groups excluding tert-OH is 1. The van der Waals surface area contributed by atoms with Crippen molar-refractivity contribution >= 4 is 11.6 Å². The number of hydrogen-bond donors (Lipinski definition) is 1. The molecule has 0 aromatic rings. The molecule has 8 atom stereocenters. The minimum absolute atomic E-state index is 0.0114. The lowest BCUT2D eigenvalue weighted by molar-refractivity contribution is -0.138. The largest absolute Gasteiger partial charge is 0.385 e. The van der Waals surface area contributed by atoms with Crippen LogP contribution < -0.4 is 0 Å². The van der Waals surface area contributed by atoms with Gasteiger partial charge in [0.15, 0.2) is 17.7 Å². The fourth-order valence-electron chi connectivity index (χ4n) is 8.10. The number of hydrogen-bond acceptors (Lipinski definition) is 4. The molecule has 1 heterocycles. The van der Waals surface area contributed by atoms with Crippen LogP contribution in [0.3, 0.4) is 0 Å². The van der Waals surface area contributed by atoms with E-state index in [1.807, 2.05) is 6.92 Å². The Kier molecular flexibility index (Phi) is 2.37. The minimum Gasteiger partial charge on any atom is -0.385 e. The number of epoxide rings is 1. The molecule has 130 valence electrons. The van der Waals surface area contributed by atoms with Crippen molar-refractivity contribution in [2.75, 3.05) is 0 Å². The smallest absolute Gasteiger partial charge is 0.190 e. The normalized spacial score (nSPS) is 60.5. The molecule has 0 aromatic heterocycles. The highest BCUT2D eigenvalue weighted by Crippen LogP contribution is 2.86. The zero-order chi connectivity index (χ0) is 17.4. The summed E-state index contributed by atoms with van der Waals surface area (Å²) in [6.45, 7) is 12.5. The quantitative estimate of drug-likeness (QED) is 0.592. The molecule has 1 N–H and O–H groups in total. The highest BCUT2D eigenvalue weighted by atomic mass is 16.6. The molecule has 1 unspecified atom stereocenters. The van der Waals surface area contributed by atoms with E-state index in [9.17, 15) is 14.7 Å². The number of Topliss-reactive ketones (excluding diaryl/α,β-unsaturated/α-hetero) is 2. The summed E-state index contributed by atoms with van der Waals surface area (Å²) in [4.78, 5) is 25.8. The lowest BCUT2D eigenvalue weighted by Gasteiger charge is -2.46. The van der Waals surface area contributed by atoms with Crippen LogP contribution in [0.4, 0.5) is 0 Å². The van der Waals surface area contributed by atoms with E-state index in [0.29, 0.717) is 11.5 Å². The maximum absolute atomic E-state index is 13.3. The van der Waals surface area contributed by atoms with Crippen molar-refractivity contribution in [3.8, 4) is 0 Å². The van der Waals surface area contributed by atoms with Crippen LogP contribution in [0.15, 0.2) is 12.2 Å². The van der Waals surface area contributed by atoms with E-state index in [0.717, 1.165) is 19.3 Å². The Hall–Kier alpha value is -1.00. The fraction of sp³-hybridized carbons (Fsp3) is 0.800. The second-order valence-electron chi connectivity index (χ2n) is 9.58. The molecule has 1 saturated heterocycles. The number of carbonyl (C=O) groups excluding carboxylic acids is 2. The molecule has 2 spiro atoms. The van der Waals surface area contributed by atoms with E-state index in [1.165, 1.54) is 0 Å². The molecule has 5 rings (SSSR count). The van der Waals surface area contributed by atoms with Crippen LogP contribution >= 0.6 is 0 Å². The van der Waals surface area contributed by atoms with Crippen molar-refractivity contribution in [2.45, 2.75) is 64.8 Å². The van der Waals surface area contributed by atoms with Crippen molar-refractivity contribution < 1.29 is 19.4 Å². The van der Waals surface area contributed by atoms with Gasteiger partial charge in [0.05, 0.1) is 0 Å². The summed E-state index contributed by atoms with van der Waals surface area (Å²) in [5, 5.41) is 11.1. The summed E-state index contributed by atoms with van der Waals surface area (Å²) < 4.78 is 6.00. The van der Waals surface area contributed by atoms with E-state index in [-0.39, 0.29) is 28.8 Å². The van der Waals surface area contributed by atoms with Crippen LogP contribution in [0.25, 0.3) is 0 Å². The first-order valence-corrected chi connectivity index (χ1v) is 9.24. The Bertz CT molecular complexity index is 725. The van der Waals surface area contributed by atoms with Crippen molar-refractivity contribution in [3.63, 3.8) is 0 Å². The van der Waals surface area contributed by atoms with Gasteiger partial charge in [-0.25, -0.2) is 0 Å². The molecule has 1 aliphatic heterocycles. The zero-order valence-corrected chi connectivity index (χ0v) is 14.9. The molecular formula is C20H26O4. The first-order chi connectivity index (χ1) is 11.1. The van der Waals surface area contributed by atoms with Crippen LogP contribution in [0.5, 0.6) is 0 Å². The predicted octanol–water partition coefficient (Wildman–Crippen LogP) is 2.29. The molecule has 4 nitrogen and oxygen atoms in total. The molecule has 4 saturated carbocycles. The number of aliphatic hydroxyl groups is 1. The monoisotopic (exact) mass is 330 g/mol. The number of ketones is 2. The summed E-state index contributed by atoms with van der Waals surface area (Å²) in [5.74, 6) is 0.605. The SMILES string of the molecule is C=C1C(=O)[C@H]2O[C@@]23[C@@H]1C[C@]12CCC(C(C)C)[C@@]1(C)C(=O)[C@H](O)[C@]32C. The number of ether oxygens (including phenoxy) is 1. The molecule has 0 radical (unpaired) electrons. The minimum atomic E-state index is -1.04. The third-order valence-corrected chi connectivity index (χ3v) is 9.23. The van der Waals surface area contributed by atoms with Crippen molar-refractivity contribution in [3.05, 3.63) is 12.2 Å². The van der Waals surface area contributed by atoms with Crippen LogP contribution in [-0.4, -0.2) is 34.5 Å². The van der Waals surface area contributed by atoms with Crippen LogP contribution in [0.1, 0.15) is 47.0 Å². The molecule has 4 heteroatoms. The molecule has 0 aromatic carbocycles. The Morgan fingerprint density at radius 1 is 1.29 bits per heavy atom. The van der Waals surface area contributed by atoms with Gasteiger partial charge >= 0.3 is 0 Å². The molecule has 5 fully saturated rings. The average Bonchev–Trinajstić information content (AvgIpc) is 3.05. The summed E-state index contributed by atoms with van der Waals surface area (Å²) in [5.41, 5.74) is -1.52. The number of carbonyl (C=O) groups is 2. The third kappa shape index (κ3) is 1.04. The fourth-order valence-corrected chi connectivity index (χ4v) is 8.10. The van der Waals surface area contributed by atoms with Crippen molar-refractivity contribution in [1.82, 2.24) is 0 Å². The van der Waals surface area contributed by atoms with E-state index in [1.54, 1.807) is 0 Å². The van der Waals surface area contributed by atoms with Gasteiger partial charge in [-0.2, -0.15) is 0 Å². The lowest BCUT2D eigenvalue weighted by atomic mass is 9.55. The molecule has 5 aliphatic rings. The van der Waals surface area contributed by atoms with E-state index >= 15 is 0 Å². The van der Waals surface area contributed by atoms with Gasteiger partial charge in [-0.15, -0.1) is 0 Å². The molecule has 0 amide bonds. The second-order valence-corrected chi connectivity index (χ2v) is 9.58. The summed E-state index contributed by atoms with van der Waals surface area (Å²) in [6, 6.07) is 0. The third-order valence-electron chi connectivity index (χ3n) is 9.23. The van der Waals surface area contributed by atoms with Gasteiger partial charge in [-0.05, 0) is 42.1 Å². The average molecular weight is 330 g/mol. The first-order valence-electron chi connectivity index (χ1n) is 9.24. The lowest BCUT2D eigenvalue weighted by Crippen LogP contribution is -2.49. The molecule has 0 bridgehead atoms. The van der Waals surface area contributed by atoms with Crippen LogP contribution in [0.2, 0.25) is 0 Å². The Labute approximate surface area is 142 Å². The van der Waals surface area contributed by atoms with E-state index in [2.05, 4.69) is 27.4 Å². The maximum Gasteiger partial charge on any atom is 0.190 e. The van der Waals surface area contributed by atoms with Crippen LogP contribution in [0, 0.1) is 34.0 Å². The maximum atomic E-state index is 13.3. The molecular weight excluding hydrogens is 304 g/mol. The highest BCUT2D eigenvalue weighted by molar-refractivity contribution is 6.07. The highest BCUT2D eigenvalue weighted by Gasteiger charge is 2.94. The van der Waals surface area contributed by atoms with Gasteiger partial charge in [-0.1, -0.05) is 34.3 Å². The van der Waals surface area contributed by atoms with Gasteiger partial charge in [-0.3, -0.25) is 9.59 Å². The van der Waals surface area contributed by atoms with Crippen LogP contribution in [-0.2, 0) is 14.3 Å². The first kappa shape index (κ1) is 15.3. The Morgan fingerprint density at radius 2 is 1.96 bits per heavy atom. The van der Waals surface area contributed by atoms with Gasteiger partial charge in [0, 0.05) is 16.7 Å². The van der Waals surface area contributed by atoms with Crippen molar-refractivity contribution in [1.29, 1.82) is 0 Å². The van der Waals surface area contributed by atoms with Gasteiger partial charge in [0.1, 0.15) is 11.7 Å². The molecule has 4 aliphatic carbocycles. The van der Waals surface area contributed by atoms with Gasteiger partial charge in [0.2, 0.25) is 0 Å². The predicted molar refractivity (Wildman–Crippen MR) is 87.1 cm³/mol. The van der Waals surface area contributed by atoms with Gasteiger partial charge in [0.25, 0.3) is 0 Å². The summed E-state index contributed by atoms with van der Waals surface area (Å²) >= 11 is 0. The molecule has 24 heavy (non-hydrogen) atoms. The zero-order valence-electron chi connectivity index (χ0n) is 14.9. The topological polar surface area (TPSA) is 66.9 Å². The van der Waals surface area contributed by atoms with Crippen molar-refractivity contribution in [2.24, 2.45) is 34.0 Å². The summed E-state index contributed by atoms with van der Waals surface area (Å²) in [7, 11) is 0. The van der Waals surface area contributed by atoms with E-state index < -0.39 is 28.6 Å². The second kappa shape index (κ2) is 3.73.